The molecule has 0 amide bonds. The zero-order chi connectivity index (χ0) is 18.6. The van der Waals surface area contributed by atoms with Gasteiger partial charge in [-0.3, -0.25) is 4.90 Å². The van der Waals surface area contributed by atoms with Crippen LogP contribution in [0, 0.1) is 6.92 Å². The number of nitrogens with zero attached hydrogens (tertiary/aromatic N) is 4. The van der Waals surface area contributed by atoms with Crippen molar-refractivity contribution >= 4 is 17.3 Å². The molecule has 0 saturated carbocycles. The standard InChI is InChI=1S/C21H23ClN4O/c1-16-7-8-18(22)14-19(16)26-11-9-25(10-12-26)15-21-23-20(24-27-21)13-17-5-3-2-4-6-17/h2-8,14H,9-13,15H2,1H3. The SMILES string of the molecule is Cc1ccc(Cl)cc1N1CCN(Cc2nc(Cc3ccccc3)no2)CC1. The van der Waals surface area contributed by atoms with Gasteiger partial charge in [0.15, 0.2) is 5.82 Å². The van der Waals surface area contributed by atoms with Crippen molar-refractivity contribution in [2.75, 3.05) is 31.1 Å². The molecule has 4 rings (SSSR count). The first-order valence-electron chi connectivity index (χ1n) is 9.26. The van der Waals surface area contributed by atoms with Gasteiger partial charge in [-0.05, 0) is 30.2 Å². The first-order valence-corrected chi connectivity index (χ1v) is 9.64. The third-order valence-electron chi connectivity index (χ3n) is 4.96. The molecule has 0 aliphatic carbocycles. The lowest BCUT2D eigenvalue weighted by Gasteiger charge is -2.36. The predicted octanol–water partition coefficient (Wildman–Crippen LogP) is 3.94. The monoisotopic (exact) mass is 382 g/mol. The highest BCUT2D eigenvalue weighted by molar-refractivity contribution is 6.30. The summed E-state index contributed by atoms with van der Waals surface area (Å²) in [4.78, 5) is 9.30. The molecule has 1 aliphatic rings. The van der Waals surface area contributed by atoms with Crippen molar-refractivity contribution in [3.05, 3.63) is 76.4 Å². The highest BCUT2D eigenvalue weighted by atomic mass is 35.5. The van der Waals surface area contributed by atoms with Crippen molar-refractivity contribution in [1.82, 2.24) is 15.0 Å². The summed E-state index contributed by atoms with van der Waals surface area (Å²) < 4.78 is 5.45. The van der Waals surface area contributed by atoms with E-state index in [9.17, 15) is 0 Å². The summed E-state index contributed by atoms with van der Waals surface area (Å²) in [5.74, 6) is 1.43. The Kier molecular flexibility index (Phi) is 5.41. The van der Waals surface area contributed by atoms with E-state index in [1.807, 2.05) is 24.3 Å². The fourth-order valence-corrected chi connectivity index (χ4v) is 3.63. The minimum atomic E-state index is 0.688. The molecule has 140 valence electrons. The minimum Gasteiger partial charge on any atom is -0.369 e. The molecule has 0 bridgehead atoms. The predicted molar refractivity (Wildman–Crippen MR) is 107 cm³/mol. The molecule has 0 unspecified atom stereocenters. The third kappa shape index (κ3) is 4.49. The van der Waals surface area contributed by atoms with Crippen molar-refractivity contribution in [2.45, 2.75) is 19.9 Å². The molecule has 1 fully saturated rings. The molecule has 27 heavy (non-hydrogen) atoms. The molecule has 6 heteroatoms. The molecular formula is C21H23ClN4O. The maximum Gasteiger partial charge on any atom is 0.240 e. The molecule has 1 aromatic heterocycles. The largest absolute Gasteiger partial charge is 0.369 e. The molecule has 0 N–H and O–H groups in total. The van der Waals surface area contributed by atoms with Crippen LogP contribution in [0.2, 0.25) is 5.02 Å². The van der Waals surface area contributed by atoms with E-state index < -0.39 is 0 Å². The Hall–Kier alpha value is -2.37. The number of anilines is 1. The van der Waals surface area contributed by atoms with Crippen molar-refractivity contribution in [3.8, 4) is 0 Å². The summed E-state index contributed by atoms with van der Waals surface area (Å²) in [7, 11) is 0. The molecule has 2 heterocycles. The van der Waals surface area contributed by atoms with Gasteiger partial charge in [0.2, 0.25) is 5.89 Å². The van der Waals surface area contributed by atoms with E-state index in [2.05, 4.69) is 51.1 Å². The van der Waals surface area contributed by atoms with Crippen molar-refractivity contribution < 1.29 is 4.52 Å². The van der Waals surface area contributed by atoms with Crippen LogP contribution in [-0.4, -0.2) is 41.2 Å². The number of hydrogen-bond donors (Lipinski definition) is 0. The molecule has 0 atom stereocenters. The van der Waals surface area contributed by atoms with Crippen LogP contribution in [0.5, 0.6) is 0 Å². The Morgan fingerprint density at radius 1 is 1.04 bits per heavy atom. The quantitative estimate of drug-likeness (QED) is 0.668. The van der Waals surface area contributed by atoms with E-state index in [-0.39, 0.29) is 0 Å². The van der Waals surface area contributed by atoms with Crippen LogP contribution in [-0.2, 0) is 13.0 Å². The number of piperazine rings is 1. The van der Waals surface area contributed by atoms with Gasteiger partial charge in [-0.25, -0.2) is 0 Å². The summed E-state index contributed by atoms with van der Waals surface area (Å²) >= 11 is 6.17. The van der Waals surface area contributed by atoms with Crippen LogP contribution in [0.15, 0.2) is 53.1 Å². The third-order valence-corrected chi connectivity index (χ3v) is 5.19. The van der Waals surface area contributed by atoms with E-state index in [0.29, 0.717) is 18.9 Å². The Balaban J connectivity index is 1.32. The van der Waals surface area contributed by atoms with Gasteiger partial charge >= 0.3 is 0 Å². The number of rotatable bonds is 5. The lowest BCUT2D eigenvalue weighted by atomic mass is 10.1. The number of hydrogen-bond acceptors (Lipinski definition) is 5. The van der Waals surface area contributed by atoms with E-state index in [4.69, 9.17) is 16.1 Å². The van der Waals surface area contributed by atoms with Gasteiger partial charge in [0.05, 0.1) is 6.54 Å². The summed E-state index contributed by atoms with van der Waals surface area (Å²) in [6.07, 6.45) is 0.701. The van der Waals surface area contributed by atoms with Gasteiger partial charge < -0.3 is 9.42 Å². The number of aromatic nitrogens is 2. The summed E-state index contributed by atoms with van der Waals surface area (Å²) in [5.41, 5.74) is 3.68. The van der Waals surface area contributed by atoms with E-state index in [1.165, 1.54) is 16.8 Å². The van der Waals surface area contributed by atoms with Crippen LogP contribution in [0.25, 0.3) is 0 Å². The average molecular weight is 383 g/mol. The maximum absolute atomic E-state index is 6.17. The van der Waals surface area contributed by atoms with Gasteiger partial charge in [0, 0.05) is 43.3 Å². The normalized spacial score (nSPS) is 15.3. The fraction of sp³-hybridized carbons (Fsp3) is 0.333. The van der Waals surface area contributed by atoms with Crippen LogP contribution < -0.4 is 4.90 Å². The zero-order valence-electron chi connectivity index (χ0n) is 15.4. The lowest BCUT2D eigenvalue weighted by molar-refractivity contribution is 0.215. The van der Waals surface area contributed by atoms with Gasteiger partial charge in [0.1, 0.15) is 0 Å². The second kappa shape index (κ2) is 8.11. The molecule has 1 aliphatic heterocycles. The smallest absolute Gasteiger partial charge is 0.240 e. The molecule has 0 radical (unpaired) electrons. The number of aryl methyl sites for hydroxylation is 1. The van der Waals surface area contributed by atoms with Crippen molar-refractivity contribution in [1.29, 1.82) is 0 Å². The van der Waals surface area contributed by atoms with Gasteiger partial charge in [-0.15, -0.1) is 0 Å². The van der Waals surface area contributed by atoms with Crippen LogP contribution in [0.1, 0.15) is 22.8 Å². The molecule has 5 nitrogen and oxygen atoms in total. The van der Waals surface area contributed by atoms with Crippen molar-refractivity contribution in [3.63, 3.8) is 0 Å². The zero-order valence-corrected chi connectivity index (χ0v) is 16.2. The van der Waals surface area contributed by atoms with E-state index >= 15 is 0 Å². The van der Waals surface area contributed by atoms with Crippen molar-refractivity contribution in [2.24, 2.45) is 0 Å². The molecule has 1 saturated heterocycles. The van der Waals surface area contributed by atoms with Gasteiger partial charge in [-0.1, -0.05) is 53.2 Å². The number of benzene rings is 2. The summed E-state index contributed by atoms with van der Waals surface area (Å²) in [6.45, 7) is 6.68. The van der Waals surface area contributed by atoms with Crippen LogP contribution in [0.4, 0.5) is 5.69 Å². The molecule has 3 aromatic rings. The second-order valence-corrected chi connectivity index (χ2v) is 7.40. The topological polar surface area (TPSA) is 45.4 Å². The highest BCUT2D eigenvalue weighted by Crippen LogP contribution is 2.25. The first kappa shape index (κ1) is 18.0. The Morgan fingerprint density at radius 2 is 1.81 bits per heavy atom. The Bertz CT molecular complexity index is 888. The Morgan fingerprint density at radius 3 is 2.59 bits per heavy atom. The van der Waals surface area contributed by atoms with E-state index in [1.54, 1.807) is 0 Å². The average Bonchev–Trinajstić information content (AvgIpc) is 3.12. The molecular weight excluding hydrogens is 360 g/mol. The van der Waals surface area contributed by atoms with Gasteiger partial charge in [-0.2, -0.15) is 4.98 Å². The fourth-order valence-electron chi connectivity index (χ4n) is 3.47. The number of halogens is 1. The van der Waals surface area contributed by atoms with Gasteiger partial charge in [0.25, 0.3) is 0 Å². The summed E-state index contributed by atoms with van der Waals surface area (Å²) in [6, 6.07) is 16.3. The van der Waals surface area contributed by atoms with Crippen LogP contribution in [0.3, 0.4) is 0 Å². The minimum absolute atomic E-state index is 0.688. The highest BCUT2D eigenvalue weighted by Gasteiger charge is 2.20. The Labute approximate surface area is 164 Å². The first-order chi connectivity index (χ1) is 13.2. The maximum atomic E-state index is 6.17. The van der Waals surface area contributed by atoms with Crippen LogP contribution >= 0.6 is 11.6 Å². The second-order valence-electron chi connectivity index (χ2n) is 6.96. The molecule has 0 spiro atoms. The summed E-state index contributed by atoms with van der Waals surface area (Å²) in [5, 5.41) is 4.91. The molecule has 2 aromatic carbocycles. The lowest BCUT2D eigenvalue weighted by Crippen LogP contribution is -2.46. The van der Waals surface area contributed by atoms with E-state index in [0.717, 1.165) is 37.0 Å².